The monoisotopic (exact) mass is 254 g/mol. The van der Waals surface area contributed by atoms with Gasteiger partial charge in [0.25, 0.3) is 0 Å². The molecule has 1 fully saturated rings. The summed E-state index contributed by atoms with van der Waals surface area (Å²) in [5.41, 5.74) is -0.337. The van der Waals surface area contributed by atoms with E-state index in [9.17, 15) is 4.79 Å². The van der Waals surface area contributed by atoms with E-state index in [1.165, 1.54) is 32.1 Å². The first-order valence-corrected chi connectivity index (χ1v) is 7.37. The van der Waals surface area contributed by atoms with Gasteiger partial charge in [-0.15, -0.1) is 0 Å². The van der Waals surface area contributed by atoms with Gasteiger partial charge in [-0.3, -0.25) is 4.79 Å². The minimum absolute atomic E-state index is 0.0280. The Morgan fingerprint density at radius 3 is 2.00 bits per heavy atom. The van der Waals surface area contributed by atoms with Crippen LogP contribution in [0.25, 0.3) is 0 Å². The van der Waals surface area contributed by atoms with E-state index in [0.717, 1.165) is 0 Å². The quantitative estimate of drug-likeness (QED) is 0.690. The SMILES string of the molecule is CC(C(=O)OC(C)(C)C1CCCCC1)C(C)(C)C. The van der Waals surface area contributed by atoms with Gasteiger partial charge in [0, 0.05) is 0 Å². The largest absolute Gasteiger partial charge is 0.459 e. The molecule has 0 amide bonds. The molecular formula is C16H30O2. The van der Waals surface area contributed by atoms with Crippen LogP contribution in [-0.2, 0) is 9.53 Å². The van der Waals surface area contributed by atoms with Crippen LogP contribution in [0.1, 0.15) is 73.6 Å². The van der Waals surface area contributed by atoms with E-state index in [1.807, 2.05) is 6.92 Å². The lowest BCUT2D eigenvalue weighted by atomic mass is 9.78. The van der Waals surface area contributed by atoms with Crippen LogP contribution in [0, 0.1) is 17.3 Å². The van der Waals surface area contributed by atoms with E-state index >= 15 is 0 Å². The summed E-state index contributed by atoms with van der Waals surface area (Å²) in [5, 5.41) is 0. The lowest BCUT2D eigenvalue weighted by Gasteiger charge is -2.38. The van der Waals surface area contributed by atoms with Crippen molar-refractivity contribution < 1.29 is 9.53 Å². The molecule has 0 bridgehead atoms. The lowest BCUT2D eigenvalue weighted by Crippen LogP contribution is -2.41. The number of ether oxygens (including phenoxy) is 1. The van der Waals surface area contributed by atoms with Crippen LogP contribution >= 0.6 is 0 Å². The molecule has 0 saturated heterocycles. The van der Waals surface area contributed by atoms with Crippen molar-refractivity contribution in [3.63, 3.8) is 0 Å². The smallest absolute Gasteiger partial charge is 0.309 e. The Hall–Kier alpha value is -0.530. The normalized spacial score (nSPS) is 20.6. The third-order valence-electron chi connectivity index (χ3n) is 4.60. The average molecular weight is 254 g/mol. The second-order valence-electron chi connectivity index (χ2n) is 7.45. The van der Waals surface area contributed by atoms with E-state index in [-0.39, 0.29) is 22.9 Å². The Morgan fingerprint density at radius 1 is 1.06 bits per heavy atom. The summed E-state index contributed by atoms with van der Waals surface area (Å²) in [6, 6.07) is 0. The van der Waals surface area contributed by atoms with Crippen molar-refractivity contribution in [2.45, 2.75) is 79.2 Å². The number of hydrogen-bond donors (Lipinski definition) is 0. The maximum atomic E-state index is 12.2. The lowest BCUT2D eigenvalue weighted by molar-refractivity contribution is -0.171. The van der Waals surface area contributed by atoms with Gasteiger partial charge in [0.05, 0.1) is 5.92 Å². The maximum absolute atomic E-state index is 12.2. The van der Waals surface area contributed by atoms with E-state index in [2.05, 4.69) is 34.6 Å². The minimum Gasteiger partial charge on any atom is -0.459 e. The first-order chi connectivity index (χ1) is 8.14. The summed E-state index contributed by atoms with van der Waals surface area (Å²) in [5.74, 6) is 0.431. The molecule has 0 radical (unpaired) electrons. The van der Waals surface area contributed by atoms with Crippen LogP contribution in [0.4, 0.5) is 0 Å². The molecule has 106 valence electrons. The molecule has 1 saturated carbocycles. The highest BCUT2D eigenvalue weighted by atomic mass is 16.6. The molecule has 1 unspecified atom stereocenters. The van der Waals surface area contributed by atoms with E-state index in [0.29, 0.717) is 5.92 Å². The van der Waals surface area contributed by atoms with Crippen LogP contribution in [0.3, 0.4) is 0 Å². The first kappa shape index (κ1) is 15.5. The molecule has 0 aliphatic heterocycles. The molecule has 1 rings (SSSR count). The van der Waals surface area contributed by atoms with Crippen LogP contribution in [0.5, 0.6) is 0 Å². The number of rotatable bonds is 3. The molecule has 18 heavy (non-hydrogen) atoms. The van der Waals surface area contributed by atoms with E-state index < -0.39 is 0 Å². The maximum Gasteiger partial charge on any atom is 0.309 e. The van der Waals surface area contributed by atoms with Crippen LogP contribution < -0.4 is 0 Å². The van der Waals surface area contributed by atoms with Gasteiger partial charge in [0.2, 0.25) is 0 Å². The van der Waals surface area contributed by atoms with Crippen molar-refractivity contribution >= 4 is 5.97 Å². The summed E-state index contributed by atoms with van der Waals surface area (Å²) < 4.78 is 5.83. The second kappa shape index (κ2) is 5.63. The molecule has 0 spiro atoms. The van der Waals surface area contributed by atoms with Crippen molar-refractivity contribution in [3.05, 3.63) is 0 Å². The fourth-order valence-electron chi connectivity index (χ4n) is 2.58. The standard InChI is InChI=1S/C16H30O2/c1-12(15(2,3)4)14(17)18-16(5,6)13-10-8-7-9-11-13/h12-13H,7-11H2,1-6H3. The Bertz CT molecular complexity index is 280. The zero-order chi connectivity index (χ0) is 14.0. The van der Waals surface area contributed by atoms with Crippen LogP contribution in [-0.4, -0.2) is 11.6 Å². The Morgan fingerprint density at radius 2 is 1.56 bits per heavy atom. The average Bonchev–Trinajstić information content (AvgIpc) is 2.27. The molecule has 0 aromatic heterocycles. The van der Waals surface area contributed by atoms with Crippen LogP contribution in [0.15, 0.2) is 0 Å². The fraction of sp³-hybridized carbons (Fsp3) is 0.938. The molecule has 0 aromatic rings. The molecule has 1 atom stereocenters. The van der Waals surface area contributed by atoms with Gasteiger partial charge in [-0.25, -0.2) is 0 Å². The molecular weight excluding hydrogens is 224 g/mol. The highest BCUT2D eigenvalue weighted by Crippen LogP contribution is 2.36. The van der Waals surface area contributed by atoms with Crippen molar-refractivity contribution in [2.75, 3.05) is 0 Å². The third-order valence-corrected chi connectivity index (χ3v) is 4.60. The summed E-state index contributed by atoms with van der Waals surface area (Å²) in [7, 11) is 0. The van der Waals surface area contributed by atoms with Gasteiger partial charge in [0.1, 0.15) is 5.60 Å². The second-order valence-corrected chi connectivity index (χ2v) is 7.45. The van der Waals surface area contributed by atoms with Gasteiger partial charge in [-0.2, -0.15) is 0 Å². The summed E-state index contributed by atoms with van der Waals surface area (Å²) in [6.45, 7) is 12.4. The number of esters is 1. The molecule has 2 nitrogen and oxygen atoms in total. The zero-order valence-corrected chi connectivity index (χ0v) is 13.0. The Labute approximate surface area is 112 Å². The van der Waals surface area contributed by atoms with Crippen molar-refractivity contribution in [2.24, 2.45) is 17.3 Å². The fourth-order valence-corrected chi connectivity index (χ4v) is 2.58. The van der Waals surface area contributed by atoms with Crippen molar-refractivity contribution in [1.82, 2.24) is 0 Å². The summed E-state index contributed by atoms with van der Waals surface area (Å²) in [6.07, 6.45) is 6.29. The Kier molecular flexibility index (Phi) is 4.85. The predicted octanol–water partition coefficient (Wildman–Crippen LogP) is 4.57. The van der Waals surface area contributed by atoms with E-state index in [4.69, 9.17) is 4.74 Å². The highest BCUT2D eigenvalue weighted by Gasteiger charge is 2.37. The number of carbonyl (C=O) groups is 1. The predicted molar refractivity (Wildman–Crippen MR) is 75.4 cm³/mol. The van der Waals surface area contributed by atoms with Crippen LogP contribution in [0.2, 0.25) is 0 Å². The van der Waals surface area contributed by atoms with Crippen molar-refractivity contribution in [1.29, 1.82) is 0 Å². The van der Waals surface area contributed by atoms with Gasteiger partial charge < -0.3 is 4.74 Å². The topological polar surface area (TPSA) is 26.3 Å². The highest BCUT2D eigenvalue weighted by molar-refractivity contribution is 5.73. The van der Waals surface area contributed by atoms with Gasteiger partial charge in [-0.1, -0.05) is 47.0 Å². The summed E-state index contributed by atoms with van der Waals surface area (Å²) >= 11 is 0. The van der Waals surface area contributed by atoms with Gasteiger partial charge >= 0.3 is 5.97 Å². The third kappa shape index (κ3) is 4.00. The zero-order valence-electron chi connectivity index (χ0n) is 13.0. The molecule has 1 aliphatic rings. The molecule has 2 heteroatoms. The van der Waals surface area contributed by atoms with Gasteiger partial charge in [0.15, 0.2) is 0 Å². The summed E-state index contributed by atoms with van der Waals surface area (Å²) in [4.78, 5) is 12.2. The van der Waals surface area contributed by atoms with E-state index in [1.54, 1.807) is 0 Å². The number of hydrogen-bond acceptors (Lipinski definition) is 2. The Balaban J connectivity index is 2.61. The molecule has 1 aliphatic carbocycles. The minimum atomic E-state index is -0.309. The molecule has 0 N–H and O–H groups in total. The molecule has 0 aromatic carbocycles. The molecule has 0 heterocycles. The first-order valence-electron chi connectivity index (χ1n) is 7.37. The van der Waals surface area contributed by atoms with Gasteiger partial charge in [-0.05, 0) is 38.0 Å². The number of carbonyl (C=O) groups excluding carboxylic acids is 1. The van der Waals surface area contributed by atoms with Crippen molar-refractivity contribution in [3.8, 4) is 0 Å².